The summed E-state index contributed by atoms with van der Waals surface area (Å²) in [5.74, 6) is 0.735. The Balaban J connectivity index is 2.95. The van der Waals surface area contributed by atoms with E-state index in [4.69, 9.17) is 16.3 Å². The lowest BCUT2D eigenvalue weighted by atomic mass is 10.1. The molecule has 0 saturated carbocycles. The molecule has 13 heavy (non-hydrogen) atoms. The van der Waals surface area contributed by atoms with E-state index in [1.807, 2.05) is 18.2 Å². The van der Waals surface area contributed by atoms with E-state index in [2.05, 4.69) is 13.2 Å². The first kappa shape index (κ1) is 10.7. The van der Waals surface area contributed by atoms with Crippen molar-refractivity contribution in [2.75, 3.05) is 13.4 Å². The van der Waals surface area contributed by atoms with Gasteiger partial charge in [-0.2, -0.15) is 11.8 Å². The van der Waals surface area contributed by atoms with Crippen LogP contribution in [0.15, 0.2) is 18.2 Å². The van der Waals surface area contributed by atoms with Crippen LogP contribution in [0.25, 0.3) is 0 Å². The van der Waals surface area contributed by atoms with Gasteiger partial charge in [0.15, 0.2) is 0 Å². The lowest BCUT2D eigenvalue weighted by Crippen LogP contribution is -1.89. The van der Waals surface area contributed by atoms with Crippen LogP contribution in [0.3, 0.4) is 0 Å². The molecule has 1 unspecified atom stereocenters. The zero-order valence-corrected chi connectivity index (χ0v) is 9.58. The van der Waals surface area contributed by atoms with Crippen LogP contribution in [0.1, 0.15) is 17.7 Å². The average molecular weight is 217 g/mol. The van der Waals surface area contributed by atoms with E-state index in [9.17, 15) is 0 Å². The van der Waals surface area contributed by atoms with E-state index in [1.54, 1.807) is 18.9 Å². The van der Waals surface area contributed by atoms with Crippen LogP contribution in [0.5, 0.6) is 5.75 Å². The Hall–Kier alpha value is -0.340. The van der Waals surface area contributed by atoms with Crippen molar-refractivity contribution in [3.8, 4) is 5.75 Å². The Morgan fingerprint density at radius 3 is 2.62 bits per heavy atom. The van der Waals surface area contributed by atoms with Crippen LogP contribution in [-0.2, 0) is 0 Å². The standard InChI is InChI=1S/C10H13ClOS/c1-7(13-3)8-4-5-10(12-2)9(11)6-8/h4-7H,1-3H3. The fraction of sp³-hybridized carbons (Fsp3) is 0.400. The Morgan fingerprint density at radius 1 is 1.46 bits per heavy atom. The summed E-state index contributed by atoms with van der Waals surface area (Å²) < 4.78 is 5.07. The highest BCUT2D eigenvalue weighted by Crippen LogP contribution is 2.32. The van der Waals surface area contributed by atoms with E-state index >= 15 is 0 Å². The largest absolute Gasteiger partial charge is 0.495 e. The van der Waals surface area contributed by atoms with Crippen LogP contribution in [0.2, 0.25) is 5.02 Å². The van der Waals surface area contributed by atoms with Gasteiger partial charge >= 0.3 is 0 Å². The molecule has 72 valence electrons. The molecule has 1 rings (SSSR count). The molecule has 0 amide bonds. The number of rotatable bonds is 3. The topological polar surface area (TPSA) is 9.23 Å². The molecule has 1 aromatic rings. The maximum Gasteiger partial charge on any atom is 0.137 e. The zero-order valence-electron chi connectivity index (χ0n) is 8.00. The fourth-order valence-electron chi connectivity index (χ4n) is 1.07. The van der Waals surface area contributed by atoms with Gasteiger partial charge in [-0.3, -0.25) is 0 Å². The highest BCUT2D eigenvalue weighted by atomic mass is 35.5. The summed E-state index contributed by atoms with van der Waals surface area (Å²) in [6.45, 7) is 2.16. The summed E-state index contributed by atoms with van der Waals surface area (Å²) in [6.07, 6.45) is 2.09. The summed E-state index contributed by atoms with van der Waals surface area (Å²) >= 11 is 7.80. The minimum Gasteiger partial charge on any atom is -0.495 e. The average Bonchev–Trinajstić information content (AvgIpc) is 2.16. The van der Waals surface area contributed by atoms with Gasteiger partial charge in [0.25, 0.3) is 0 Å². The Bertz CT molecular complexity index is 288. The highest BCUT2D eigenvalue weighted by molar-refractivity contribution is 7.98. The number of halogens is 1. The van der Waals surface area contributed by atoms with E-state index in [-0.39, 0.29) is 0 Å². The summed E-state index contributed by atoms with van der Waals surface area (Å²) in [7, 11) is 1.62. The molecule has 1 aromatic carbocycles. The molecule has 1 atom stereocenters. The lowest BCUT2D eigenvalue weighted by Gasteiger charge is -2.10. The predicted octanol–water partition coefficient (Wildman–Crippen LogP) is 3.77. The molecule has 0 fully saturated rings. The van der Waals surface area contributed by atoms with E-state index in [0.29, 0.717) is 10.3 Å². The van der Waals surface area contributed by atoms with E-state index < -0.39 is 0 Å². The van der Waals surface area contributed by atoms with Crippen molar-refractivity contribution in [2.45, 2.75) is 12.2 Å². The normalized spacial score (nSPS) is 12.6. The van der Waals surface area contributed by atoms with Gasteiger partial charge < -0.3 is 4.74 Å². The van der Waals surface area contributed by atoms with Gasteiger partial charge in [-0.1, -0.05) is 17.7 Å². The molecule has 0 spiro atoms. The molecule has 0 aliphatic heterocycles. The number of hydrogen-bond donors (Lipinski definition) is 0. The fourth-order valence-corrected chi connectivity index (χ4v) is 1.76. The molecule has 0 aromatic heterocycles. The monoisotopic (exact) mass is 216 g/mol. The molecule has 1 nitrogen and oxygen atoms in total. The number of thioether (sulfide) groups is 1. The molecule has 3 heteroatoms. The number of hydrogen-bond acceptors (Lipinski definition) is 2. The Labute approximate surface area is 88.4 Å². The van der Waals surface area contributed by atoms with Crippen molar-refractivity contribution in [1.29, 1.82) is 0 Å². The smallest absolute Gasteiger partial charge is 0.137 e. The van der Waals surface area contributed by atoms with Crippen molar-refractivity contribution in [3.05, 3.63) is 28.8 Å². The van der Waals surface area contributed by atoms with Crippen LogP contribution in [0, 0.1) is 0 Å². The maximum absolute atomic E-state index is 6.00. The second kappa shape index (κ2) is 4.77. The highest BCUT2D eigenvalue weighted by Gasteiger charge is 2.06. The van der Waals surface area contributed by atoms with Crippen LogP contribution in [-0.4, -0.2) is 13.4 Å². The summed E-state index contributed by atoms with van der Waals surface area (Å²) in [4.78, 5) is 0. The summed E-state index contributed by atoms with van der Waals surface area (Å²) in [6, 6.07) is 5.91. The number of benzene rings is 1. The van der Waals surface area contributed by atoms with E-state index in [0.717, 1.165) is 5.75 Å². The van der Waals surface area contributed by atoms with Gasteiger partial charge in [0, 0.05) is 5.25 Å². The van der Waals surface area contributed by atoms with Crippen LogP contribution >= 0.6 is 23.4 Å². The zero-order chi connectivity index (χ0) is 9.84. The molecular weight excluding hydrogens is 204 g/mol. The Morgan fingerprint density at radius 2 is 2.15 bits per heavy atom. The molecule has 0 radical (unpaired) electrons. The second-order valence-electron chi connectivity index (χ2n) is 2.77. The first-order valence-electron chi connectivity index (χ1n) is 4.05. The quantitative estimate of drug-likeness (QED) is 0.761. The van der Waals surface area contributed by atoms with Gasteiger partial charge in [-0.25, -0.2) is 0 Å². The summed E-state index contributed by atoms with van der Waals surface area (Å²) in [5.41, 5.74) is 1.23. The predicted molar refractivity (Wildman–Crippen MR) is 59.9 cm³/mol. The SMILES string of the molecule is COc1ccc(C(C)SC)cc1Cl. The van der Waals surface area contributed by atoms with Gasteiger partial charge in [-0.05, 0) is 30.9 Å². The Kier molecular flexibility index (Phi) is 3.94. The van der Waals surface area contributed by atoms with Gasteiger partial charge in [0.1, 0.15) is 5.75 Å². The molecule has 0 aliphatic rings. The third-order valence-electron chi connectivity index (χ3n) is 2.00. The van der Waals surface area contributed by atoms with Gasteiger partial charge in [-0.15, -0.1) is 0 Å². The maximum atomic E-state index is 6.00. The summed E-state index contributed by atoms with van der Waals surface area (Å²) in [5, 5.41) is 1.16. The lowest BCUT2D eigenvalue weighted by molar-refractivity contribution is 0.415. The minimum absolute atomic E-state index is 0.475. The number of methoxy groups -OCH3 is 1. The van der Waals surface area contributed by atoms with Crippen molar-refractivity contribution in [1.82, 2.24) is 0 Å². The van der Waals surface area contributed by atoms with Crippen molar-refractivity contribution in [3.63, 3.8) is 0 Å². The van der Waals surface area contributed by atoms with Gasteiger partial charge in [0.2, 0.25) is 0 Å². The molecule has 0 bridgehead atoms. The second-order valence-corrected chi connectivity index (χ2v) is 4.36. The van der Waals surface area contributed by atoms with Gasteiger partial charge in [0.05, 0.1) is 12.1 Å². The number of ether oxygens (including phenoxy) is 1. The van der Waals surface area contributed by atoms with Crippen molar-refractivity contribution < 1.29 is 4.74 Å². The van der Waals surface area contributed by atoms with Crippen molar-refractivity contribution >= 4 is 23.4 Å². The van der Waals surface area contributed by atoms with E-state index in [1.165, 1.54) is 5.56 Å². The van der Waals surface area contributed by atoms with Crippen LogP contribution in [0.4, 0.5) is 0 Å². The van der Waals surface area contributed by atoms with Crippen molar-refractivity contribution in [2.24, 2.45) is 0 Å². The minimum atomic E-state index is 0.475. The molecular formula is C10H13ClOS. The first-order valence-corrected chi connectivity index (χ1v) is 5.72. The first-order chi connectivity index (χ1) is 6.19. The van der Waals surface area contributed by atoms with Crippen LogP contribution < -0.4 is 4.74 Å². The molecule has 0 N–H and O–H groups in total. The third-order valence-corrected chi connectivity index (χ3v) is 3.27. The molecule has 0 saturated heterocycles. The molecule has 0 heterocycles. The third kappa shape index (κ3) is 2.55. The molecule has 0 aliphatic carbocycles.